The van der Waals surface area contributed by atoms with Gasteiger partial charge in [-0.1, -0.05) is 72.8 Å². The molecule has 2 atom stereocenters. The van der Waals surface area contributed by atoms with Gasteiger partial charge in [-0.3, -0.25) is 9.59 Å². The van der Waals surface area contributed by atoms with Crippen LogP contribution in [0.15, 0.2) is 103 Å². The summed E-state index contributed by atoms with van der Waals surface area (Å²) in [6, 6.07) is 23.3. The summed E-state index contributed by atoms with van der Waals surface area (Å²) >= 11 is 0. The highest BCUT2D eigenvalue weighted by Gasteiger charge is 2.45. The van der Waals surface area contributed by atoms with Gasteiger partial charge in [0.1, 0.15) is 17.4 Å². The molecule has 1 amide bonds. The zero-order valence-electron chi connectivity index (χ0n) is 22.3. The van der Waals surface area contributed by atoms with Crippen LogP contribution in [0.25, 0.3) is 0 Å². The summed E-state index contributed by atoms with van der Waals surface area (Å²) in [6.07, 6.45) is -10.0. The standard InChI is InChI=1S/C32H25F6NO4/c33-24-13-11-22(12-14-24)31(19-20-7-3-1-4-8-20,23-15-25(34)17-26(16-23)43-32(37,38)30(35)36)39-29(42)27(18-28(40)41)21-9-5-2-6-10-21/h1-17,27,30H,18-19H2,(H,39,42)(H,40,41)/t27?,31-/m1/s1. The summed E-state index contributed by atoms with van der Waals surface area (Å²) < 4.78 is 86.9. The van der Waals surface area contributed by atoms with Gasteiger partial charge in [0.2, 0.25) is 5.91 Å². The van der Waals surface area contributed by atoms with Crippen LogP contribution < -0.4 is 10.1 Å². The number of amides is 1. The number of carbonyl (C=O) groups is 2. The van der Waals surface area contributed by atoms with Crippen LogP contribution in [0.3, 0.4) is 0 Å². The summed E-state index contributed by atoms with van der Waals surface area (Å²) in [5.74, 6) is -6.16. The molecule has 4 aromatic carbocycles. The minimum atomic E-state index is -4.97. The molecule has 0 aliphatic carbocycles. The van der Waals surface area contributed by atoms with Crippen molar-refractivity contribution in [2.24, 2.45) is 0 Å². The van der Waals surface area contributed by atoms with Crippen molar-refractivity contribution >= 4 is 11.9 Å². The SMILES string of the molecule is O=C(O)CC(C(=O)N[C@](Cc1ccccc1)(c1ccc(F)cc1)c1cc(F)cc(OC(F)(F)C(F)F)c1)c1ccccc1. The molecule has 0 saturated carbocycles. The molecule has 224 valence electrons. The van der Waals surface area contributed by atoms with Crippen LogP contribution in [0.2, 0.25) is 0 Å². The molecule has 11 heteroatoms. The summed E-state index contributed by atoms with van der Waals surface area (Å²) in [7, 11) is 0. The third kappa shape index (κ3) is 7.54. The highest BCUT2D eigenvalue weighted by molar-refractivity contribution is 5.89. The Morgan fingerprint density at radius 1 is 0.791 bits per heavy atom. The van der Waals surface area contributed by atoms with Crippen LogP contribution in [0.4, 0.5) is 26.3 Å². The van der Waals surface area contributed by atoms with Crippen LogP contribution in [0.5, 0.6) is 5.75 Å². The summed E-state index contributed by atoms with van der Waals surface area (Å²) in [5.41, 5.74) is -1.03. The first-order valence-corrected chi connectivity index (χ1v) is 12.9. The molecule has 4 aromatic rings. The zero-order chi connectivity index (χ0) is 31.2. The van der Waals surface area contributed by atoms with Crippen LogP contribution in [-0.2, 0) is 21.5 Å². The number of ether oxygens (including phenoxy) is 1. The lowest BCUT2D eigenvalue weighted by Crippen LogP contribution is -2.50. The van der Waals surface area contributed by atoms with Crippen LogP contribution in [0.1, 0.15) is 34.6 Å². The van der Waals surface area contributed by atoms with Gasteiger partial charge in [-0.25, -0.2) is 8.78 Å². The first-order chi connectivity index (χ1) is 20.4. The van der Waals surface area contributed by atoms with Gasteiger partial charge in [-0.05, 0) is 46.5 Å². The number of halogens is 6. The van der Waals surface area contributed by atoms with Crippen LogP contribution >= 0.6 is 0 Å². The normalized spacial score (nSPS) is 13.7. The minimum absolute atomic E-state index is 0.158. The fourth-order valence-electron chi connectivity index (χ4n) is 4.78. The Morgan fingerprint density at radius 2 is 1.40 bits per heavy atom. The molecule has 0 radical (unpaired) electrons. The molecule has 0 heterocycles. The Morgan fingerprint density at radius 3 is 1.98 bits per heavy atom. The van der Waals surface area contributed by atoms with Crippen molar-refractivity contribution in [3.8, 4) is 5.75 Å². The lowest BCUT2D eigenvalue weighted by atomic mass is 9.77. The van der Waals surface area contributed by atoms with E-state index in [0.717, 1.165) is 24.3 Å². The van der Waals surface area contributed by atoms with E-state index in [2.05, 4.69) is 10.1 Å². The predicted molar refractivity (Wildman–Crippen MR) is 145 cm³/mol. The second-order valence-corrected chi connectivity index (χ2v) is 9.77. The van der Waals surface area contributed by atoms with Crippen molar-refractivity contribution < 1.29 is 45.8 Å². The van der Waals surface area contributed by atoms with E-state index in [-0.39, 0.29) is 17.5 Å². The number of hydrogen-bond acceptors (Lipinski definition) is 3. The second-order valence-electron chi connectivity index (χ2n) is 9.77. The molecule has 5 nitrogen and oxygen atoms in total. The molecule has 0 fully saturated rings. The van der Waals surface area contributed by atoms with Gasteiger partial charge in [-0.2, -0.15) is 17.6 Å². The molecule has 0 aliphatic heterocycles. The number of aliphatic carboxylic acids is 1. The second kappa shape index (κ2) is 13.0. The van der Waals surface area contributed by atoms with Crippen molar-refractivity contribution in [2.45, 2.75) is 36.8 Å². The van der Waals surface area contributed by atoms with Gasteiger partial charge >= 0.3 is 18.5 Å². The Balaban J connectivity index is 1.95. The van der Waals surface area contributed by atoms with Gasteiger partial charge in [0.05, 0.1) is 17.9 Å². The predicted octanol–water partition coefficient (Wildman–Crippen LogP) is 7.06. The van der Waals surface area contributed by atoms with Crippen LogP contribution in [-0.4, -0.2) is 29.5 Å². The molecular formula is C32H25F6NO4. The van der Waals surface area contributed by atoms with Crippen molar-refractivity contribution in [3.63, 3.8) is 0 Å². The van der Waals surface area contributed by atoms with Crippen molar-refractivity contribution in [1.29, 1.82) is 0 Å². The average molecular weight is 602 g/mol. The van der Waals surface area contributed by atoms with Crippen molar-refractivity contribution in [3.05, 3.63) is 137 Å². The van der Waals surface area contributed by atoms with Gasteiger partial charge in [-0.15, -0.1) is 0 Å². The van der Waals surface area contributed by atoms with Crippen molar-refractivity contribution in [1.82, 2.24) is 5.32 Å². The first kappa shape index (κ1) is 31.1. The number of rotatable bonds is 12. The number of hydrogen-bond donors (Lipinski definition) is 2. The van der Waals surface area contributed by atoms with E-state index >= 15 is 4.39 Å². The highest BCUT2D eigenvalue weighted by atomic mass is 19.3. The molecule has 43 heavy (non-hydrogen) atoms. The maximum atomic E-state index is 15.0. The lowest BCUT2D eigenvalue weighted by molar-refractivity contribution is -0.253. The van der Waals surface area contributed by atoms with Gasteiger partial charge in [0.25, 0.3) is 0 Å². The Labute approximate surface area is 242 Å². The van der Waals surface area contributed by atoms with Gasteiger partial charge in [0, 0.05) is 12.5 Å². The number of nitrogens with one attached hydrogen (secondary N) is 1. The average Bonchev–Trinajstić information content (AvgIpc) is 2.96. The lowest BCUT2D eigenvalue weighted by Gasteiger charge is -2.38. The van der Waals surface area contributed by atoms with E-state index in [1.807, 2.05) is 0 Å². The third-order valence-corrected chi connectivity index (χ3v) is 6.75. The summed E-state index contributed by atoms with van der Waals surface area (Å²) in [6.45, 7) is 0. The molecule has 0 saturated heterocycles. The van der Waals surface area contributed by atoms with E-state index in [9.17, 15) is 36.6 Å². The molecular weight excluding hydrogens is 576 g/mol. The van der Waals surface area contributed by atoms with E-state index in [0.29, 0.717) is 17.2 Å². The molecule has 2 N–H and O–H groups in total. The molecule has 0 bridgehead atoms. The number of carbonyl (C=O) groups excluding carboxylic acids is 1. The molecule has 4 rings (SSSR count). The van der Waals surface area contributed by atoms with E-state index in [4.69, 9.17) is 0 Å². The Kier molecular flexibility index (Phi) is 9.43. The van der Waals surface area contributed by atoms with Crippen molar-refractivity contribution in [2.75, 3.05) is 0 Å². The topological polar surface area (TPSA) is 75.6 Å². The Hall–Kier alpha value is -4.80. The smallest absolute Gasteiger partial charge is 0.461 e. The minimum Gasteiger partial charge on any atom is -0.481 e. The fraction of sp³-hybridized carbons (Fsp3) is 0.188. The Bertz CT molecular complexity index is 1550. The first-order valence-electron chi connectivity index (χ1n) is 12.9. The molecule has 0 aliphatic rings. The quantitative estimate of drug-likeness (QED) is 0.171. The highest BCUT2D eigenvalue weighted by Crippen LogP contribution is 2.38. The molecule has 1 unspecified atom stereocenters. The number of carboxylic acid groups (broad SMARTS) is 1. The van der Waals surface area contributed by atoms with E-state index < -0.39 is 59.7 Å². The third-order valence-electron chi connectivity index (χ3n) is 6.75. The number of benzene rings is 4. The molecule has 0 spiro atoms. The maximum absolute atomic E-state index is 15.0. The summed E-state index contributed by atoms with van der Waals surface area (Å²) in [4.78, 5) is 25.8. The number of carboxylic acids is 1. The van der Waals surface area contributed by atoms with Gasteiger partial charge < -0.3 is 15.2 Å². The largest absolute Gasteiger partial charge is 0.481 e. The maximum Gasteiger partial charge on any atom is 0.461 e. The number of alkyl halides is 4. The summed E-state index contributed by atoms with van der Waals surface area (Å²) in [5, 5.41) is 12.4. The zero-order valence-corrected chi connectivity index (χ0v) is 22.3. The monoisotopic (exact) mass is 601 g/mol. The van der Waals surface area contributed by atoms with E-state index in [1.54, 1.807) is 60.7 Å². The fourth-order valence-corrected chi connectivity index (χ4v) is 4.78. The van der Waals surface area contributed by atoms with Crippen LogP contribution in [0, 0.1) is 11.6 Å². The van der Waals surface area contributed by atoms with Gasteiger partial charge in [0.15, 0.2) is 0 Å². The van der Waals surface area contributed by atoms with E-state index in [1.165, 1.54) is 12.1 Å². The molecule has 0 aromatic heterocycles.